The minimum Gasteiger partial charge on any atom is -0.354 e. The summed E-state index contributed by atoms with van der Waals surface area (Å²) in [6.45, 7) is 7.95. The highest BCUT2D eigenvalue weighted by Crippen LogP contribution is 2.27. The largest absolute Gasteiger partial charge is 0.354 e. The predicted octanol–water partition coefficient (Wildman–Crippen LogP) is 3.99. The molecule has 0 saturated carbocycles. The van der Waals surface area contributed by atoms with E-state index in [-0.39, 0.29) is 29.1 Å². The molecule has 0 spiro atoms. The number of para-hydroxylation sites is 1. The molecule has 2 rings (SSSR count). The third kappa shape index (κ3) is 7.74. The molecule has 0 unspecified atom stereocenters. The number of sulfonamides is 1. The molecular weight excluding hydrogens is 474 g/mol. The number of halogens is 1. The van der Waals surface area contributed by atoms with E-state index < -0.39 is 28.5 Å². The van der Waals surface area contributed by atoms with Crippen LogP contribution in [0.3, 0.4) is 0 Å². The van der Waals surface area contributed by atoms with Gasteiger partial charge in [0, 0.05) is 13.1 Å². The Balaban J connectivity index is 2.43. The zero-order chi connectivity index (χ0) is 25.5. The second kappa shape index (κ2) is 12.2. The number of amides is 2. The Morgan fingerprint density at radius 2 is 1.76 bits per heavy atom. The second-order valence-electron chi connectivity index (χ2n) is 8.79. The Kier molecular flexibility index (Phi) is 9.94. The molecule has 0 radical (unpaired) electrons. The summed E-state index contributed by atoms with van der Waals surface area (Å²) in [5.74, 6) is -0.498. The number of nitrogens with zero attached hydrogens (tertiary/aromatic N) is 2. The van der Waals surface area contributed by atoms with Crippen molar-refractivity contribution in [3.8, 4) is 0 Å². The number of rotatable bonds is 11. The lowest BCUT2D eigenvalue weighted by Crippen LogP contribution is -2.52. The molecule has 186 valence electrons. The van der Waals surface area contributed by atoms with E-state index in [2.05, 4.69) is 5.32 Å². The standard InChI is InChI=1S/C25H34ClN3O4S/c1-6-22(25(31)27-15-18(2)3)28(16-20-11-9-10-19(4)14-20)24(30)17-29(34(5,32)33)23-13-8-7-12-21(23)26/h7-14,18,22H,6,15-17H2,1-5H3,(H,27,31)/t22-/m1/s1. The summed E-state index contributed by atoms with van der Waals surface area (Å²) in [6.07, 6.45) is 1.41. The average molecular weight is 508 g/mol. The van der Waals surface area contributed by atoms with E-state index in [1.165, 1.54) is 4.90 Å². The Morgan fingerprint density at radius 3 is 2.32 bits per heavy atom. The van der Waals surface area contributed by atoms with Crippen molar-refractivity contribution in [1.82, 2.24) is 10.2 Å². The third-order valence-electron chi connectivity index (χ3n) is 5.31. The predicted molar refractivity (Wildman–Crippen MR) is 137 cm³/mol. The van der Waals surface area contributed by atoms with E-state index in [1.807, 2.05) is 52.0 Å². The van der Waals surface area contributed by atoms with Crippen LogP contribution in [0.25, 0.3) is 0 Å². The highest BCUT2D eigenvalue weighted by molar-refractivity contribution is 7.92. The van der Waals surface area contributed by atoms with Crippen LogP contribution in [-0.4, -0.2) is 50.5 Å². The summed E-state index contributed by atoms with van der Waals surface area (Å²) in [5, 5.41) is 3.12. The summed E-state index contributed by atoms with van der Waals surface area (Å²) >= 11 is 6.25. The Labute approximate surface area is 208 Å². The van der Waals surface area contributed by atoms with Crippen molar-refractivity contribution in [3.63, 3.8) is 0 Å². The SMILES string of the molecule is CC[C@H](C(=O)NCC(C)C)N(Cc1cccc(C)c1)C(=O)CN(c1ccccc1Cl)S(C)(=O)=O. The number of benzene rings is 2. The third-order valence-corrected chi connectivity index (χ3v) is 6.75. The molecule has 0 aromatic heterocycles. The first-order valence-corrected chi connectivity index (χ1v) is 13.5. The summed E-state index contributed by atoms with van der Waals surface area (Å²) in [7, 11) is -3.82. The van der Waals surface area contributed by atoms with Crippen molar-refractivity contribution >= 4 is 39.1 Å². The lowest BCUT2D eigenvalue weighted by molar-refractivity contribution is -0.140. The van der Waals surface area contributed by atoms with Crippen molar-refractivity contribution in [1.29, 1.82) is 0 Å². The van der Waals surface area contributed by atoms with Gasteiger partial charge in [0.2, 0.25) is 21.8 Å². The second-order valence-corrected chi connectivity index (χ2v) is 11.1. The van der Waals surface area contributed by atoms with E-state index >= 15 is 0 Å². The van der Waals surface area contributed by atoms with Gasteiger partial charge in [-0.1, -0.05) is 74.3 Å². The number of aryl methyl sites for hydroxylation is 1. The van der Waals surface area contributed by atoms with E-state index in [9.17, 15) is 18.0 Å². The average Bonchev–Trinajstić information content (AvgIpc) is 2.75. The first kappa shape index (κ1) is 27.7. The maximum Gasteiger partial charge on any atom is 0.244 e. The fourth-order valence-corrected chi connectivity index (χ4v) is 4.75. The summed E-state index contributed by atoms with van der Waals surface area (Å²) in [4.78, 5) is 28.1. The highest BCUT2D eigenvalue weighted by atomic mass is 35.5. The van der Waals surface area contributed by atoms with Gasteiger partial charge in [-0.05, 0) is 37.0 Å². The molecule has 9 heteroatoms. The van der Waals surface area contributed by atoms with Crippen molar-refractivity contribution in [2.45, 2.75) is 46.7 Å². The number of carbonyl (C=O) groups is 2. The van der Waals surface area contributed by atoms with Gasteiger partial charge < -0.3 is 10.2 Å². The fourth-order valence-electron chi connectivity index (χ4n) is 3.60. The van der Waals surface area contributed by atoms with Crippen molar-refractivity contribution in [3.05, 3.63) is 64.7 Å². The maximum atomic E-state index is 13.6. The summed E-state index contributed by atoms with van der Waals surface area (Å²) in [6, 6.07) is 13.4. The molecule has 7 nitrogen and oxygen atoms in total. The van der Waals surface area contributed by atoms with Crippen LogP contribution in [0.5, 0.6) is 0 Å². The minimum atomic E-state index is -3.82. The molecule has 1 N–H and O–H groups in total. The zero-order valence-electron chi connectivity index (χ0n) is 20.4. The van der Waals surface area contributed by atoms with Gasteiger partial charge in [-0.2, -0.15) is 0 Å². The molecule has 0 heterocycles. The molecule has 0 saturated heterocycles. The molecule has 0 fully saturated rings. The normalized spacial score (nSPS) is 12.3. The summed E-state index contributed by atoms with van der Waals surface area (Å²) < 4.78 is 26.2. The van der Waals surface area contributed by atoms with Gasteiger partial charge in [0.1, 0.15) is 12.6 Å². The topological polar surface area (TPSA) is 86.8 Å². The Bertz CT molecular complexity index is 1100. The molecule has 34 heavy (non-hydrogen) atoms. The maximum absolute atomic E-state index is 13.6. The minimum absolute atomic E-state index is 0.175. The lowest BCUT2D eigenvalue weighted by atomic mass is 10.1. The molecule has 2 aromatic carbocycles. The van der Waals surface area contributed by atoms with Gasteiger partial charge >= 0.3 is 0 Å². The molecule has 1 atom stereocenters. The van der Waals surface area contributed by atoms with E-state index in [4.69, 9.17) is 11.6 Å². The van der Waals surface area contributed by atoms with Gasteiger partial charge in [-0.25, -0.2) is 8.42 Å². The van der Waals surface area contributed by atoms with Gasteiger partial charge in [0.25, 0.3) is 0 Å². The van der Waals surface area contributed by atoms with Crippen LogP contribution in [0.2, 0.25) is 5.02 Å². The van der Waals surface area contributed by atoms with Crippen LogP contribution in [0.4, 0.5) is 5.69 Å². The molecule has 0 bridgehead atoms. The number of hydrogen-bond donors (Lipinski definition) is 1. The Morgan fingerprint density at radius 1 is 1.09 bits per heavy atom. The van der Waals surface area contributed by atoms with Crippen molar-refractivity contribution in [2.24, 2.45) is 5.92 Å². The van der Waals surface area contributed by atoms with Crippen LogP contribution >= 0.6 is 11.6 Å². The molecule has 0 aliphatic heterocycles. The van der Waals surface area contributed by atoms with Crippen LogP contribution < -0.4 is 9.62 Å². The van der Waals surface area contributed by atoms with Crippen LogP contribution in [0.1, 0.15) is 38.3 Å². The van der Waals surface area contributed by atoms with E-state index in [0.717, 1.165) is 21.7 Å². The molecular formula is C25H34ClN3O4S. The monoisotopic (exact) mass is 507 g/mol. The van der Waals surface area contributed by atoms with Crippen LogP contribution in [-0.2, 0) is 26.2 Å². The highest BCUT2D eigenvalue weighted by Gasteiger charge is 2.32. The summed E-state index contributed by atoms with van der Waals surface area (Å²) in [5.41, 5.74) is 2.09. The van der Waals surface area contributed by atoms with Gasteiger partial charge in [-0.15, -0.1) is 0 Å². The number of anilines is 1. The first-order chi connectivity index (χ1) is 15.9. The molecule has 2 amide bonds. The van der Waals surface area contributed by atoms with E-state index in [1.54, 1.807) is 24.3 Å². The smallest absolute Gasteiger partial charge is 0.244 e. The molecule has 0 aliphatic carbocycles. The van der Waals surface area contributed by atoms with Crippen molar-refractivity contribution in [2.75, 3.05) is 23.7 Å². The van der Waals surface area contributed by atoms with Gasteiger partial charge in [0.15, 0.2) is 0 Å². The fraction of sp³-hybridized carbons (Fsp3) is 0.440. The lowest BCUT2D eigenvalue weighted by Gasteiger charge is -2.33. The quantitative estimate of drug-likeness (QED) is 0.498. The van der Waals surface area contributed by atoms with Gasteiger partial charge in [-0.3, -0.25) is 13.9 Å². The van der Waals surface area contributed by atoms with Gasteiger partial charge in [0.05, 0.1) is 17.0 Å². The van der Waals surface area contributed by atoms with Crippen LogP contribution in [0.15, 0.2) is 48.5 Å². The zero-order valence-corrected chi connectivity index (χ0v) is 22.0. The first-order valence-electron chi connectivity index (χ1n) is 11.3. The van der Waals surface area contributed by atoms with Crippen LogP contribution in [0, 0.1) is 12.8 Å². The van der Waals surface area contributed by atoms with E-state index in [0.29, 0.717) is 13.0 Å². The number of hydrogen-bond acceptors (Lipinski definition) is 4. The Hall–Kier alpha value is -2.58. The number of carbonyl (C=O) groups excluding carboxylic acids is 2. The molecule has 0 aliphatic rings. The number of nitrogens with one attached hydrogen (secondary N) is 1. The van der Waals surface area contributed by atoms with Crippen molar-refractivity contribution < 1.29 is 18.0 Å². The molecule has 2 aromatic rings.